The molecule has 0 N–H and O–H groups in total. The maximum atomic E-state index is 4.70. The van der Waals surface area contributed by atoms with Gasteiger partial charge in [0.2, 0.25) is 0 Å². The molecule has 3 heterocycles. The van der Waals surface area contributed by atoms with Crippen LogP contribution in [0.5, 0.6) is 0 Å². The van der Waals surface area contributed by atoms with Gasteiger partial charge in [-0.25, -0.2) is 9.97 Å². The van der Waals surface area contributed by atoms with Gasteiger partial charge in [-0.05, 0) is 43.7 Å². The lowest BCUT2D eigenvalue weighted by Gasteiger charge is -2.37. The highest BCUT2D eigenvalue weighted by molar-refractivity contribution is 5.71. The van der Waals surface area contributed by atoms with Crippen molar-refractivity contribution in [2.75, 3.05) is 11.4 Å². The van der Waals surface area contributed by atoms with Crippen LogP contribution < -0.4 is 4.90 Å². The molecule has 0 spiro atoms. The SMILES string of the molecule is c1cnc2nc(N3CCCC3C3CCC3)ccc2n1. The van der Waals surface area contributed by atoms with Crippen molar-refractivity contribution in [1.82, 2.24) is 15.0 Å². The molecular formula is C15H18N4. The van der Waals surface area contributed by atoms with Crippen molar-refractivity contribution >= 4 is 17.0 Å². The second kappa shape index (κ2) is 4.44. The van der Waals surface area contributed by atoms with Crippen molar-refractivity contribution < 1.29 is 0 Å². The molecule has 1 aliphatic heterocycles. The molecule has 1 saturated heterocycles. The number of aromatic nitrogens is 3. The summed E-state index contributed by atoms with van der Waals surface area (Å²) in [5.41, 5.74) is 1.64. The summed E-state index contributed by atoms with van der Waals surface area (Å²) in [5.74, 6) is 1.98. The molecule has 19 heavy (non-hydrogen) atoms. The largest absolute Gasteiger partial charge is 0.353 e. The predicted octanol–water partition coefficient (Wildman–Crippen LogP) is 2.79. The molecule has 1 saturated carbocycles. The Hall–Kier alpha value is -1.71. The first kappa shape index (κ1) is 11.1. The highest BCUT2D eigenvalue weighted by Gasteiger charge is 2.35. The molecule has 1 unspecified atom stereocenters. The molecule has 1 atom stereocenters. The number of nitrogens with zero attached hydrogens (tertiary/aromatic N) is 4. The third kappa shape index (κ3) is 1.86. The van der Waals surface area contributed by atoms with Crippen molar-refractivity contribution in [3.63, 3.8) is 0 Å². The summed E-state index contributed by atoms with van der Waals surface area (Å²) >= 11 is 0. The zero-order valence-electron chi connectivity index (χ0n) is 11.0. The fraction of sp³-hybridized carbons (Fsp3) is 0.533. The van der Waals surface area contributed by atoms with Crippen molar-refractivity contribution in [3.05, 3.63) is 24.5 Å². The number of pyridine rings is 1. The van der Waals surface area contributed by atoms with Gasteiger partial charge in [-0.3, -0.25) is 4.98 Å². The topological polar surface area (TPSA) is 41.9 Å². The Morgan fingerprint density at radius 1 is 1.00 bits per heavy atom. The molecule has 2 aliphatic rings. The molecule has 2 aromatic rings. The Morgan fingerprint density at radius 3 is 2.74 bits per heavy atom. The standard InChI is InChI=1S/C15H18N4/c1-3-11(4-1)13-5-2-10-19(13)14-7-6-12-15(18-14)17-9-8-16-12/h6-9,11,13H,1-5,10H2. The normalized spacial score (nSPS) is 23.8. The van der Waals surface area contributed by atoms with Crippen molar-refractivity contribution in [2.24, 2.45) is 5.92 Å². The van der Waals surface area contributed by atoms with E-state index in [1.54, 1.807) is 12.4 Å². The van der Waals surface area contributed by atoms with E-state index in [0.717, 1.165) is 29.4 Å². The van der Waals surface area contributed by atoms with Crippen LogP contribution in [0.2, 0.25) is 0 Å². The molecule has 0 aromatic carbocycles. The smallest absolute Gasteiger partial charge is 0.180 e. The maximum absolute atomic E-state index is 4.70. The van der Waals surface area contributed by atoms with Crippen LogP contribution >= 0.6 is 0 Å². The lowest BCUT2D eigenvalue weighted by atomic mass is 9.79. The average molecular weight is 254 g/mol. The van der Waals surface area contributed by atoms with Crippen LogP contribution in [0.3, 0.4) is 0 Å². The molecule has 2 fully saturated rings. The summed E-state index contributed by atoms with van der Waals surface area (Å²) in [6.07, 6.45) is 10.3. The van der Waals surface area contributed by atoms with E-state index in [1.165, 1.54) is 32.1 Å². The highest BCUT2D eigenvalue weighted by Crippen LogP contribution is 2.38. The monoisotopic (exact) mass is 254 g/mol. The van der Waals surface area contributed by atoms with Crippen LogP contribution in [0.4, 0.5) is 5.82 Å². The summed E-state index contributed by atoms with van der Waals surface area (Å²) in [6.45, 7) is 1.14. The minimum absolute atomic E-state index is 0.704. The number of hydrogen-bond donors (Lipinski definition) is 0. The van der Waals surface area contributed by atoms with Gasteiger partial charge in [-0.1, -0.05) is 6.42 Å². The van der Waals surface area contributed by atoms with E-state index in [4.69, 9.17) is 4.98 Å². The number of hydrogen-bond acceptors (Lipinski definition) is 4. The molecule has 1 aliphatic carbocycles. The van der Waals surface area contributed by atoms with Crippen molar-refractivity contribution in [2.45, 2.75) is 38.1 Å². The van der Waals surface area contributed by atoms with Crippen LogP contribution in [0, 0.1) is 5.92 Å². The lowest BCUT2D eigenvalue weighted by molar-refractivity contribution is 0.261. The molecular weight excluding hydrogens is 236 g/mol. The van der Waals surface area contributed by atoms with E-state index < -0.39 is 0 Å². The van der Waals surface area contributed by atoms with Crippen molar-refractivity contribution in [3.8, 4) is 0 Å². The molecule has 98 valence electrons. The Bertz CT molecular complexity index is 593. The first-order chi connectivity index (χ1) is 9.42. The van der Waals surface area contributed by atoms with Gasteiger partial charge in [0.05, 0.1) is 0 Å². The van der Waals surface area contributed by atoms with E-state index in [1.807, 2.05) is 6.07 Å². The van der Waals surface area contributed by atoms with Crippen LogP contribution in [0.15, 0.2) is 24.5 Å². The van der Waals surface area contributed by atoms with Gasteiger partial charge < -0.3 is 4.90 Å². The molecule has 4 rings (SSSR count). The fourth-order valence-corrected chi connectivity index (χ4v) is 3.40. The quantitative estimate of drug-likeness (QED) is 0.826. The fourth-order valence-electron chi connectivity index (χ4n) is 3.40. The van der Waals surface area contributed by atoms with Gasteiger partial charge in [0.15, 0.2) is 5.65 Å². The highest BCUT2D eigenvalue weighted by atomic mass is 15.2. The van der Waals surface area contributed by atoms with Crippen LogP contribution in [0.25, 0.3) is 11.2 Å². The average Bonchev–Trinajstić information content (AvgIpc) is 2.85. The summed E-state index contributed by atoms with van der Waals surface area (Å²) in [7, 11) is 0. The predicted molar refractivity (Wildman–Crippen MR) is 75.0 cm³/mol. The van der Waals surface area contributed by atoms with Crippen LogP contribution in [-0.2, 0) is 0 Å². The van der Waals surface area contributed by atoms with Crippen LogP contribution in [-0.4, -0.2) is 27.5 Å². The first-order valence-electron chi connectivity index (χ1n) is 7.26. The van der Waals surface area contributed by atoms with E-state index in [-0.39, 0.29) is 0 Å². The zero-order valence-corrected chi connectivity index (χ0v) is 11.0. The lowest BCUT2D eigenvalue weighted by Crippen LogP contribution is -2.39. The molecule has 4 heteroatoms. The van der Waals surface area contributed by atoms with E-state index >= 15 is 0 Å². The molecule has 4 nitrogen and oxygen atoms in total. The third-order valence-corrected chi connectivity index (χ3v) is 4.60. The Balaban J connectivity index is 1.68. The van der Waals surface area contributed by atoms with Gasteiger partial charge in [-0.15, -0.1) is 0 Å². The van der Waals surface area contributed by atoms with Gasteiger partial charge in [0.1, 0.15) is 11.3 Å². The number of anilines is 1. The van der Waals surface area contributed by atoms with Gasteiger partial charge in [-0.2, -0.15) is 0 Å². The van der Waals surface area contributed by atoms with Crippen LogP contribution in [0.1, 0.15) is 32.1 Å². The second-order valence-corrected chi connectivity index (χ2v) is 5.66. The van der Waals surface area contributed by atoms with Gasteiger partial charge in [0, 0.05) is 25.0 Å². The Kier molecular flexibility index (Phi) is 2.60. The molecule has 0 bridgehead atoms. The Labute approximate surface area is 112 Å². The number of rotatable bonds is 2. The van der Waals surface area contributed by atoms with E-state index in [0.29, 0.717) is 6.04 Å². The maximum Gasteiger partial charge on any atom is 0.180 e. The minimum Gasteiger partial charge on any atom is -0.353 e. The minimum atomic E-state index is 0.704. The summed E-state index contributed by atoms with van der Waals surface area (Å²) < 4.78 is 0. The summed E-state index contributed by atoms with van der Waals surface area (Å²) in [5, 5.41) is 0. The summed E-state index contributed by atoms with van der Waals surface area (Å²) in [6, 6.07) is 4.85. The first-order valence-corrected chi connectivity index (χ1v) is 7.26. The molecule has 0 amide bonds. The van der Waals surface area contributed by atoms with E-state index in [2.05, 4.69) is 20.9 Å². The Morgan fingerprint density at radius 2 is 1.89 bits per heavy atom. The number of fused-ring (bicyclic) bond motifs is 1. The molecule has 0 radical (unpaired) electrons. The zero-order chi connectivity index (χ0) is 12.7. The molecule has 2 aromatic heterocycles. The van der Waals surface area contributed by atoms with Gasteiger partial charge in [0.25, 0.3) is 0 Å². The second-order valence-electron chi connectivity index (χ2n) is 5.66. The van der Waals surface area contributed by atoms with Gasteiger partial charge >= 0.3 is 0 Å². The third-order valence-electron chi connectivity index (χ3n) is 4.60. The van der Waals surface area contributed by atoms with Crippen molar-refractivity contribution in [1.29, 1.82) is 0 Å². The summed E-state index contributed by atoms with van der Waals surface area (Å²) in [4.78, 5) is 15.8. The van der Waals surface area contributed by atoms with E-state index in [9.17, 15) is 0 Å².